The molecule has 0 radical (unpaired) electrons. The van der Waals surface area contributed by atoms with Gasteiger partial charge < -0.3 is 4.42 Å². The van der Waals surface area contributed by atoms with Crippen LogP contribution in [-0.2, 0) is 0 Å². The van der Waals surface area contributed by atoms with Crippen molar-refractivity contribution in [3.8, 4) is 0 Å². The minimum Gasteiger partial charge on any atom is -0.448 e. The Morgan fingerprint density at radius 1 is 1.47 bits per heavy atom. The van der Waals surface area contributed by atoms with Crippen LogP contribution in [0.25, 0.3) is 0 Å². The summed E-state index contributed by atoms with van der Waals surface area (Å²) in [6, 6.07) is 5.76. The zero-order chi connectivity index (χ0) is 11.0. The monoisotopic (exact) mass is 368 g/mol. The Labute approximate surface area is 114 Å². The maximum absolute atomic E-state index is 5.74. The largest absolute Gasteiger partial charge is 0.448 e. The van der Waals surface area contributed by atoms with E-state index >= 15 is 0 Å². The molecule has 0 saturated heterocycles. The molecule has 1 atom stereocenters. The highest BCUT2D eigenvalue weighted by molar-refractivity contribution is 9.11. The highest BCUT2D eigenvalue weighted by Gasteiger charge is 2.17. The fourth-order valence-electron chi connectivity index (χ4n) is 1.21. The van der Waals surface area contributed by atoms with Crippen LogP contribution in [0.4, 0.5) is 0 Å². The van der Waals surface area contributed by atoms with E-state index in [9.17, 15) is 0 Å². The molecule has 2 aromatic rings. The van der Waals surface area contributed by atoms with Gasteiger partial charge in [0.15, 0.2) is 5.22 Å². The average Bonchev–Trinajstić information content (AvgIpc) is 2.74. The quantitative estimate of drug-likeness (QED) is 0.632. The maximum atomic E-state index is 5.74. The summed E-state index contributed by atoms with van der Waals surface area (Å²) < 4.78 is 6.51. The number of rotatable bonds is 2. The van der Waals surface area contributed by atoms with Gasteiger partial charge in [0.25, 0.3) is 0 Å². The molecule has 0 aliphatic carbocycles. The molecule has 80 valence electrons. The lowest BCUT2D eigenvalue weighted by atomic mass is 10.2. The summed E-state index contributed by atoms with van der Waals surface area (Å²) in [5.41, 5.74) is 1.23. The molecule has 1 nitrogen and oxygen atoms in total. The van der Waals surface area contributed by atoms with Gasteiger partial charge in [-0.3, -0.25) is 0 Å². The molecule has 15 heavy (non-hydrogen) atoms. The van der Waals surface area contributed by atoms with Crippen molar-refractivity contribution in [3.05, 3.63) is 43.4 Å². The molecule has 5 heteroatoms. The van der Waals surface area contributed by atoms with E-state index in [1.54, 1.807) is 17.4 Å². The summed E-state index contributed by atoms with van der Waals surface area (Å²) in [7, 11) is 0. The predicted octanol–water partition coefficient (Wildman–Crippen LogP) is 5.55. The van der Waals surface area contributed by atoms with Crippen LogP contribution >= 0.6 is 54.8 Å². The smallest absolute Gasteiger partial charge is 0.193 e. The number of alkyl halides is 1. The average molecular weight is 370 g/mol. The van der Waals surface area contributed by atoms with Crippen LogP contribution in [0, 0.1) is 6.92 Å². The van der Waals surface area contributed by atoms with Crippen LogP contribution < -0.4 is 0 Å². The van der Waals surface area contributed by atoms with Gasteiger partial charge in [-0.2, -0.15) is 0 Å². The number of halogens is 3. The van der Waals surface area contributed by atoms with Gasteiger partial charge in [0.1, 0.15) is 10.6 Å². The standard InChI is InChI=1S/C10H7Br2ClOS/c1-5-4-7(15-10(5)12)9(11)6-2-3-8(13)14-6/h2-4,9H,1H3. The van der Waals surface area contributed by atoms with E-state index in [0.29, 0.717) is 5.22 Å². The number of hydrogen-bond donors (Lipinski definition) is 0. The number of hydrogen-bond acceptors (Lipinski definition) is 2. The molecule has 0 saturated carbocycles. The third-order valence-corrected chi connectivity index (χ3v) is 5.62. The van der Waals surface area contributed by atoms with Gasteiger partial charge in [0, 0.05) is 4.88 Å². The first kappa shape index (κ1) is 11.7. The Bertz CT molecular complexity index is 458. The second kappa shape index (κ2) is 4.62. The van der Waals surface area contributed by atoms with E-state index in [2.05, 4.69) is 44.8 Å². The van der Waals surface area contributed by atoms with Crippen molar-refractivity contribution in [1.29, 1.82) is 0 Å². The van der Waals surface area contributed by atoms with E-state index in [4.69, 9.17) is 16.0 Å². The van der Waals surface area contributed by atoms with Crippen molar-refractivity contribution >= 4 is 54.8 Å². The fraction of sp³-hybridized carbons (Fsp3) is 0.200. The van der Waals surface area contributed by atoms with Crippen molar-refractivity contribution in [2.45, 2.75) is 11.8 Å². The van der Waals surface area contributed by atoms with E-state index in [1.165, 1.54) is 10.4 Å². The SMILES string of the molecule is Cc1cc(C(Br)c2ccc(Cl)o2)sc1Br. The molecule has 0 bridgehead atoms. The lowest BCUT2D eigenvalue weighted by Crippen LogP contribution is -1.85. The van der Waals surface area contributed by atoms with Gasteiger partial charge in [-0.15, -0.1) is 11.3 Å². The van der Waals surface area contributed by atoms with Crippen molar-refractivity contribution in [1.82, 2.24) is 0 Å². The molecule has 1 unspecified atom stereocenters. The molecular formula is C10H7Br2ClOS. The molecule has 0 amide bonds. The molecule has 0 aliphatic heterocycles. The minimum absolute atomic E-state index is 0.0694. The first-order chi connectivity index (χ1) is 7.08. The third-order valence-electron chi connectivity index (χ3n) is 1.97. The lowest BCUT2D eigenvalue weighted by Gasteiger charge is -2.02. The highest BCUT2D eigenvalue weighted by Crippen LogP contribution is 2.39. The maximum Gasteiger partial charge on any atom is 0.193 e. The molecule has 0 fully saturated rings. The second-order valence-electron chi connectivity index (χ2n) is 3.11. The summed E-state index contributed by atoms with van der Waals surface area (Å²) in [6.07, 6.45) is 0. The normalized spacial score (nSPS) is 13.1. The minimum atomic E-state index is 0.0694. The second-order valence-corrected chi connectivity index (χ2v) is 6.80. The van der Waals surface area contributed by atoms with Crippen LogP contribution in [0.1, 0.15) is 21.0 Å². The topological polar surface area (TPSA) is 13.1 Å². The Hall–Kier alpha value is 0.230. The fourth-order valence-corrected chi connectivity index (χ4v) is 3.58. The molecule has 2 rings (SSSR count). The van der Waals surface area contributed by atoms with Crippen LogP contribution in [0.5, 0.6) is 0 Å². The summed E-state index contributed by atoms with van der Waals surface area (Å²) in [5, 5.41) is 0.418. The number of furan rings is 1. The zero-order valence-electron chi connectivity index (χ0n) is 7.76. The Balaban J connectivity index is 2.31. The summed E-state index contributed by atoms with van der Waals surface area (Å²) >= 11 is 14.5. The molecule has 0 aromatic carbocycles. The number of thiophene rings is 1. The van der Waals surface area contributed by atoms with Crippen molar-refractivity contribution in [2.75, 3.05) is 0 Å². The predicted molar refractivity (Wildman–Crippen MR) is 71.2 cm³/mol. The van der Waals surface area contributed by atoms with Gasteiger partial charge in [-0.05, 0) is 58.2 Å². The molecule has 0 N–H and O–H groups in total. The lowest BCUT2D eigenvalue weighted by molar-refractivity contribution is 0.523. The van der Waals surface area contributed by atoms with Crippen LogP contribution in [0.15, 0.2) is 26.4 Å². The van der Waals surface area contributed by atoms with Crippen molar-refractivity contribution in [3.63, 3.8) is 0 Å². The van der Waals surface area contributed by atoms with Gasteiger partial charge in [0.05, 0.1) is 3.79 Å². The van der Waals surface area contributed by atoms with Crippen LogP contribution in [0.2, 0.25) is 5.22 Å². The number of aryl methyl sites for hydroxylation is 1. The molecule has 0 spiro atoms. The molecular weight excluding hydrogens is 363 g/mol. The summed E-state index contributed by atoms with van der Waals surface area (Å²) in [4.78, 5) is 1.27. The third kappa shape index (κ3) is 2.49. The van der Waals surface area contributed by atoms with Gasteiger partial charge >= 0.3 is 0 Å². The van der Waals surface area contributed by atoms with Gasteiger partial charge in [-0.1, -0.05) is 15.9 Å². The molecule has 2 heterocycles. The van der Waals surface area contributed by atoms with Crippen LogP contribution in [-0.4, -0.2) is 0 Å². The summed E-state index contributed by atoms with van der Waals surface area (Å²) in [5.74, 6) is 0.828. The summed E-state index contributed by atoms with van der Waals surface area (Å²) in [6.45, 7) is 2.07. The molecule has 0 aliphatic rings. The Morgan fingerprint density at radius 3 is 2.67 bits per heavy atom. The van der Waals surface area contributed by atoms with Crippen LogP contribution in [0.3, 0.4) is 0 Å². The van der Waals surface area contributed by atoms with E-state index in [1.807, 2.05) is 6.07 Å². The molecule has 2 aromatic heterocycles. The van der Waals surface area contributed by atoms with Gasteiger partial charge in [0.2, 0.25) is 0 Å². The van der Waals surface area contributed by atoms with Crippen molar-refractivity contribution < 1.29 is 4.42 Å². The first-order valence-electron chi connectivity index (χ1n) is 4.23. The zero-order valence-corrected chi connectivity index (χ0v) is 12.5. The van der Waals surface area contributed by atoms with E-state index < -0.39 is 0 Å². The van der Waals surface area contributed by atoms with E-state index in [-0.39, 0.29) is 4.83 Å². The Kier molecular flexibility index (Phi) is 3.60. The van der Waals surface area contributed by atoms with Crippen molar-refractivity contribution in [2.24, 2.45) is 0 Å². The Morgan fingerprint density at radius 2 is 2.20 bits per heavy atom. The first-order valence-corrected chi connectivity index (χ1v) is 7.13. The highest BCUT2D eigenvalue weighted by atomic mass is 79.9. The van der Waals surface area contributed by atoms with E-state index in [0.717, 1.165) is 9.55 Å². The van der Waals surface area contributed by atoms with Gasteiger partial charge in [-0.25, -0.2) is 0 Å².